The molecule has 5 nitrogen and oxygen atoms in total. The minimum absolute atomic E-state index is 0.588. The van der Waals surface area contributed by atoms with Gasteiger partial charge in [-0.15, -0.1) is 0 Å². The van der Waals surface area contributed by atoms with Crippen molar-refractivity contribution in [1.82, 2.24) is 15.5 Å². The number of piperidine rings is 1. The van der Waals surface area contributed by atoms with Crippen LogP contribution in [0, 0.1) is 6.92 Å². The maximum atomic E-state index is 5.22. The van der Waals surface area contributed by atoms with Crippen molar-refractivity contribution < 1.29 is 4.52 Å². The zero-order valence-electron chi connectivity index (χ0n) is 14.1. The molecule has 1 aromatic heterocycles. The van der Waals surface area contributed by atoms with E-state index in [0.717, 1.165) is 44.2 Å². The van der Waals surface area contributed by atoms with Crippen LogP contribution in [0.5, 0.6) is 0 Å². The minimum atomic E-state index is 0.588. The molecule has 0 bridgehead atoms. The van der Waals surface area contributed by atoms with Gasteiger partial charge in [0.05, 0.1) is 0 Å². The standard InChI is InChI=1S/C18H26N4O/c1-3-17-20-18(23-21-17)8-11-19-15-9-12-22(13-10-15)16-6-4-14(2)5-7-16/h4-7,15,19H,3,8-13H2,1-2H3. The molecule has 1 saturated heterocycles. The van der Waals surface area contributed by atoms with Gasteiger partial charge in [-0.05, 0) is 31.9 Å². The van der Waals surface area contributed by atoms with Crippen molar-refractivity contribution in [3.63, 3.8) is 0 Å². The average molecular weight is 314 g/mol. The van der Waals surface area contributed by atoms with Gasteiger partial charge in [0.15, 0.2) is 5.82 Å². The Morgan fingerprint density at radius 3 is 2.61 bits per heavy atom. The van der Waals surface area contributed by atoms with Gasteiger partial charge in [0.1, 0.15) is 0 Å². The molecular weight excluding hydrogens is 288 g/mol. The van der Waals surface area contributed by atoms with Crippen LogP contribution in [0.1, 0.15) is 37.0 Å². The number of nitrogens with zero attached hydrogens (tertiary/aromatic N) is 3. The van der Waals surface area contributed by atoms with Crippen molar-refractivity contribution in [2.24, 2.45) is 0 Å². The Morgan fingerprint density at radius 1 is 1.22 bits per heavy atom. The Labute approximate surface area is 138 Å². The van der Waals surface area contributed by atoms with Crippen molar-refractivity contribution in [3.8, 4) is 0 Å². The molecule has 0 atom stereocenters. The molecule has 5 heteroatoms. The largest absolute Gasteiger partial charge is 0.371 e. The van der Waals surface area contributed by atoms with E-state index in [4.69, 9.17) is 4.52 Å². The number of hydrogen-bond donors (Lipinski definition) is 1. The molecule has 124 valence electrons. The highest BCUT2D eigenvalue weighted by atomic mass is 16.5. The van der Waals surface area contributed by atoms with Crippen molar-refractivity contribution in [1.29, 1.82) is 0 Å². The summed E-state index contributed by atoms with van der Waals surface area (Å²) in [5, 5.41) is 7.55. The highest BCUT2D eigenvalue weighted by molar-refractivity contribution is 5.47. The summed E-state index contributed by atoms with van der Waals surface area (Å²) in [4.78, 5) is 6.82. The third-order valence-electron chi connectivity index (χ3n) is 4.49. The van der Waals surface area contributed by atoms with Gasteiger partial charge in [0.25, 0.3) is 0 Å². The monoisotopic (exact) mass is 314 g/mol. The van der Waals surface area contributed by atoms with Crippen molar-refractivity contribution in [2.75, 3.05) is 24.5 Å². The summed E-state index contributed by atoms with van der Waals surface area (Å²) >= 11 is 0. The first-order valence-electron chi connectivity index (χ1n) is 8.61. The van der Waals surface area contributed by atoms with E-state index in [0.29, 0.717) is 6.04 Å². The van der Waals surface area contributed by atoms with E-state index in [1.54, 1.807) is 0 Å². The third kappa shape index (κ3) is 4.32. The highest BCUT2D eigenvalue weighted by Gasteiger charge is 2.19. The fourth-order valence-corrected chi connectivity index (χ4v) is 3.02. The second kappa shape index (κ2) is 7.59. The predicted octanol–water partition coefficient (Wildman–Crippen LogP) is 2.74. The summed E-state index contributed by atoms with van der Waals surface area (Å²) in [7, 11) is 0. The van der Waals surface area contributed by atoms with Gasteiger partial charge in [-0.25, -0.2) is 0 Å². The molecule has 1 aliphatic rings. The molecule has 1 aliphatic heterocycles. The van der Waals surface area contributed by atoms with Gasteiger partial charge in [-0.2, -0.15) is 4.98 Å². The second-order valence-electron chi connectivity index (χ2n) is 6.26. The number of aryl methyl sites for hydroxylation is 2. The number of rotatable bonds is 6. The fourth-order valence-electron chi connectivity index (χ4n) is 3.02. The maximum absolute atomic E-state index is 5.22. The van der Waals surface area contributed by atoms with Gasteiger partial charge in [-0.1, -0.05) is 29.8 Å². The lowest BCUT2D eigenvalue weighted by atomic mass is 10.0. The van der Waals surface area contributed by atoms with E-state index >= 15 is 0 Å². The van der Waals surface area contributed by atoms with Gasteiger partial charge in [0, 0.05) is 44.2 Å². The topological polar surface area (TPSA) is 54.2 Å². The lowest BCUT2D eigenvalue weighted by Crippen LogP contribution is -2.43. The Hall–Kier alpha value is -1.88. The maximum Gasteiger partial charge on any atom is 0.227 e. The van der Waals surface area contributed by atoms with E-state index in [1.807, 2.05) is 6.92 Å². The van der Waals surface area contributed by atoms with Gasteiger partial charge < -0.3 is 14.7 Å². The van der Waals surface area contributed by atoms with Crippen LogP contribution in [-0.2, 0) is 12.8 Å². The van der Waals surface area contributed by atoms with Crippen LogP contribution in [0.3, 0.4) is 0 Å². The lowest BCUT2D eigenvalue weighted by molar-refractivity contribution is 0.360. The lowest BCUT2D eigenvalue weighted by Gasteiger charge is -2.34. The Balaban J connectivity index is 1.39. The first kappa shape index (κ1) is 16.0. The van der Waals surface area contributed by atoms with E-state index in [9.17, 15) is 0 Å². The van der Waals surface area contributed by atoms with Gasteiger partial charge in [0.2, 0.25) is 5.89 Å². The molecule has 0 radical (unpaired) electrons. The third-order valence-corrected chi connectivity index (χ3v) is 4.49. The summed E-state index contributed by atoms with van der Waals surface area (Å²) in [5.74, 6) is 1.54. The molecule has 3 rings (SSSR count). The first-order chi connectivity index (χ1) is 11.2. The molecule has 2 heterocycles. The Morgan fingerprint density at radius 2 is 1.96 bits per heavy atom. The molecule has 23 heavy (non-hydrogen) atoms. The molecule has 0 amide bonds. The highest BCUT2D eigenvalue weighted by Crippen LogP contribution is 2.20. The smallest absolute Gasteiger partial charge is 0.227 e. The van der Waals surface area contributed by atoms with Crippen LogP contribution in [0.25, 0.3) is 0 Å². The normalized spacial score (nSPS) is 16.0. The Kier molecular flexibility index (Phi) is 5.28. The SMILES string of the molecule is CCc1noc(CCNC2CCN(c3ccc(C)cc3)CC2)n1. The average Bonchev–Trinajstić information content (AvgIpc) is 3.04. The summed E-state index contributed by atoms with van der Waals surface area (Å²) in [5.41, 5.74) is 2.66. The molecule has 1 N–H and O–H groups in total. The summed E-state index contributed by atoms with van der Waals surface area (Å²) in [6.45, 7) is 7.30. The van der Waals surface area contributed by atoms with E-state index in [2.05, 4.69) is 51.5 Å². The molecule has 1 fully saturated rings. The van der Waals surface area contributed by atoms with Crippen molar-refractivity contribution in [2.45, 2.75) is 45.6 Å². The zero-order chi connectivity index (χ0) is 16.1. The summed E-state index contributed by atoms with van der Waals surface area (Å²) < 4.78 is 5.22. The molecule has 0 aliphatic carbocycles. The van der Waals surface area contributed by atoms with Crippen molar-refractivity contribution in [3.05, 3.63) is 41.5 Å². The fraction of sp³-hybridized carbons (Fsp3) is 0.556. The summed E-state index contributed by atoms with van der Waals surface area (Å²) in [6.07, 6.45) is 4.00. The van der Waals surface area contributed by atoms with Gasteiger partial charge in [-0.3, -0.25) is 0 Å². The number of aromatic nitrogens is 2. The predicted molar refractivity (Wildman–Crippen MR) is 91.8 cm³/mol. The number of benzene rings is 1. The van der Waals surface area contributed by atoms with Gasteiger partial charge >= 0.3 is 0 Å². The van der Waals surface area contributed by atoms with E-state index in [-0.39, 0.29) is 0 Å². The quantitative estimate of drug-likeness (QED) is 0.888. The van der Waals surface area contributed by atoms with Crippen LogP contribution >= 0.6 is 0 Å². The molecular formula is C18H26N4O. The van der Waals surface area contributed by atoms with E-state index in [1.165, 1.54) is 24.1 Å². The molecule has 2 aromatic rings. The van der Waals surface area contributed by atoms with Crippen LogP contribution in [0.4, 0.5) is 5.69 Å². The number of hydrogen-bond acceptors (Lipinski definition) is 5. The first-order valence-corrected chi connectivity index (χ1v) is 8.61. The molecule has 0 saturated carbocycles. The second-order valence-corrected chi connectivity index (χ2v) is 6.26. The van der Waals surface area contributed by atoms with Crippen LogP contribution in [0.15, 0.2) is 28.8 Å². The number of anilines is 1. The molecule has 1 aromatic carbocycles. The van der Waals surface area contributed by atoms with E-state index < -0.39 is 0 Å². The van der Waals surface area contributed by atoms with Crippen LogP contribution in [-0.4, -0.2) is 35.8 Å². The molecule has 0 unspecified atom stereocenters. The molecule has 0 spiro atoms. The minimum Gasteiger partial charge on any atom is -0.371 e. The summed E-state index contributed by atoms with van der Waals surface area (Å²) in [6, 6.07) is 9.42. The van der Waals surface area contributed by atoms with Crippen molar-refractivity contribution >= 4 is 5.69 Å². The van der Waals surface area contributed by atoms with Crippen LogP contribution < -0.4 is 10.2 Å². The van der Waals surface area contributed by atoms with Crippen LogP contribution in [0.2, 0.25) is 0 Å². The number of nitrogens with one attached hydrogen (secondary N) is 1. The zero-order valence-corrected chi connectivity index (χ0v) is 14.1. The Bertz CT molecular complexity index is 600.